The van der Waals surface area contributed by atoms with Crippen molar-refractivity contribution in [1.82, 2.24) is 4.67 Å². The van der Waals surface area contributed by atoms with E-state index in [0.29, 0.717) is 19.8 Å². The van der Waals surface area contributed by atoms with Crippen LogP contribution in [0.25, 0.3) is 4.85 Å². The third-order valence-electron chi connectivity index (χ3n) is 3.95. The van der Waals surface area contributed by atoms with Gasteiger partial charge in [-0.2, -0.15) is 0 Å². The average molecular weight is 430 g/mol. The fourth-order valence-electron chi connectivity index (χ4n) is 2.61. The van der Waals surface area contributed by atoms with Crippen molar-refractivity contribution in [2.45, 2.75) is 52.5 Å². The van der Waals surface area contributed by atoms with E-state index in [2.05, 4.69) is 37.2 Å². The first-order valence-corrected chi connectivity index (χ1v) is 12.1. The van der Waals surface area contributed by atoms with E-state index in [4.69, 9.17) is 24.7 Å². The minimum Gasteiger partial charge on any atom is -0.317 e. The smallest absolute Gasteiger partial charge is 0.317 e. The number of nitrogens with zero attached hydrogens (tertiary/aromatic N) is 2. The first kappa shape index (κ1) is 25.2. The van der Waals surface area contributed by atoms with Crippen molar-refractivity contribution in [1.29, 1.82) is 0 Å². The largest absolute Gasteiger partial charge is 0.334 e. The Bertz CT molecular complexity index is 645. The quantitative estimate of drug-likeness (QED) is 0.235. The molecule has 0 aliphatic rings. The normalized spacial score (nSPS) is 13.3. The second-order valence-electron chi connectivity index (χ2n) is 6.74. The van der Waals surface area contributed by atoms with E-state index in [1.54, 1.807) is 0 Å². The fraction of sp³-hybridized carbons (Fsp3) is 0.632. The van der Waals surface area contributed by atoms with Gasteiger partial charge in [0.05, 0.1) is 12.8 Å². The van der Waals surface area contributed by atoms with Crippen LogP contribution < -0.4 is 0 Å². The molecular formula is C19H32N2O5P2. The summed E-state index contributed by atoms with van der Waals surface area (Å²) in [4.78, 5) is 3.35. The maximum absolute atomic E-state index is 12.2. The molecule has 0 N–H and O–H groups in total. The van der Waals surface area contributed by atoms with Gasteiger partial charge in [0.1, 0.15) is 6.61 Å². The molecule has 0 radical (unpaired) electrons. The molecule has 0 bridgehead atoms. The number of benzene rings is 1. The van der Waals surface area contributed by atoms with E-state index in [-0.39, 0.29) is 18.2 Å². The van der Waals surface area contributed by atoms with Crippen LogP contribution in [-0.2, 0) is 35.4 Å². The zero-order valence-corrected chi connectivity index (χ0v) is 19.4. The van der Waals surface area contributed by atoms with E-state index in [1.807, 2.05) is 24.3 Å². The average Bonchev–Trinajstić information content (AvgIpc) is 2.66. The van der Waals surface area contributed by atoms with Crippen LogP contribution in [0.1, 0.15) is 38.8 Å². The van der Waals surface area contributed by atoms with E-state index < -0.39 is 16.1 Å². The Morgan fingerprint density at radius 2 is 1.57 bits per heavy atom. The third-order valence-corrected chi connectivity index (χ3v) is 7.87. The molecule has 1 aromatic carbocycles. The molecule has 28 heavy (non-hydrogen) atoms. The van der Waals surface area contributed by atoms with Crippen LogP contribution in [-0.4, -0.2) is 44.1 Å². The molecule has 0 saturated heterocycles. The van der Waals surface area contributed by atoms with Gasteiger partial charge in [0.25, 0.3) is 8.53 Å². The SMILES string of the molecule is [C-]#[N+]CCOP(OCc1ccc(CP(=O)(OC)OC)cc1)N(C(C)C)C(C)C. The summed E-state index contributed by atoms with van der Waals surface area (Å²) >= 11 is 0. The molecular weight excluding hydrogens is 398 g/mol. The molecule has 0 heterocycles. The number of hydrogen-bond acceptors (Lipinski definition) is 6. The Labute approximate surface area is 170 Å². The second kappa shape index (κ2) is 12.7. The molecule has 7 nitrogen and oxygen atoms in total. The first-order valence-electron chi connectivity index (χ1n) is 9.22. The van der Waals surface area contributed by atoms with Gasteiger partial charge in [-0.1, -0.05) is 24.3 Å². The van der Waals surface area contributed by atoms with Gasteiger partial charge in [-0.25, -0.2) is 11.2 Å². The minimum absolute atomic E-state index is 0.224. The maximum Gasteiger partial charge on any atom is 0.334 e. The van der Waals surface area contributed by atoms with Crippen molar-refractivity contribution < 1.29 is 22.7 Å². The Hall–Kier alpha value is -0.830. The molecule has 9 heteroatoms. The third kappa shape index (κ3) is 8.27. The molecule has 0 aliphatic heterocycles. The van der Waals surface area contributed by atoms with E-state index in [1.165, 1.54) is 14.2 Å². The van der Waals surface area contributed by atoms with Gasteiger partial charge in [-0.15, -0.1) is 0 Å². The van der Waals surface area contributed by atoms with Gasteiger partial charge in [0.2, 0.25) is 6.54 Å². The first-order chi connectivity index (χ1) is 13.3. The van der Waals surface area contributed by atoms with E-state index in [9.17, 15) is 4.57 Å². The highest BCUT2D eigenvalue weighted by Gasteiger charge is 2.27. The number of rotatable bonds is 13. The lowest BCUT2D eigenvalue weighted by atomic mass is 10.2. The Kier molecular flexibility index (Phi) is 11.4. The zero-order chi connectivity index (χ0) is 21.2. The predicted octanol–water partition coefficient (Wildman–Crippen LogP) is 5.47. The van der Waals surface area contributed by atoms with Gasteiger partial charge in [0.15, 0.2) is 0 Å². The van der Waals surface area contributed by atoms with Gasteiger partial charge >= 0.3 is 7.60 Å². The molecule has 0 aromatic heterocycles. The predicted molar refractivity (Wildman–Crippen MR) is 113 cm³/mol. The van der Waals surface area contributed by atoms with Crippen molar-refractivity contribution in [3.05, 3.63) is 46.8 Å². The van der Waals surface area contributed by atoms with Crippen LogP contribution in [0.2, 0.25) is 0 Å². The van der Waals surface area contributed by atoms with Crippen LogP contribution in [0.3, 0.4) is 0 Å². The zero-order valence-electron chi connectivity index (χ0n) is 17.6. The summed E-state index contributed by atoms with van der Waals surface area (Å²) in [6.45, 7) is 16.4. The minimum atomic E-state index is -3.08. The topological polar surface area (TPSA) is 61.6 Å². The van der Waals surface area contributed by atoms with Gasteiger partial charge in [-0.3, -0.25) is 4.57 Å². The standard InChI is InChI=1S/C19H32N2O5P2/c1-16(2)21(17(3)4)27(25-13-12-20-5)26-14-18-8-10-19(11-9-18)15-28(22,23-6)24-7/h8-11,16-17H,12-15H2,1-4,6-7H3. The summed E-state index contributed by atoms with van der Waals surface area (Å²) in [5, 5.41) is 0. The molecule has 1 aromatic rings. The van der Waals surface area contributed by atoms with Crippen LogP contribution in [0.15, 0.2) is 24.3 Å². The second-order valence-corrected chi connectivity index (χ2v) is 10.5. The summed E-state index contributed by atoms with van der Waals surface area (Å²) < 4.78 is 36.4. The van der Waals surface area contributed by atoms with Gasteiger partial charge in [0, 0.05) is 26.3 Å². The molecule has 0 aliphatic carbocycles. The maximum atomic E-state index is 12.2. The Morgan fingerprint density at radius 1 is 1.04 bits per heavy atom. The highest BCUT2D eigenvalue weighted by atomic mass is 31.2. The van der Waals surface area contributed by atoms with Crippen molar-refractivity contribution in [2.24, 2.45) is 0 Å². The van der Waals surface area contributed by atoms with Crippen LogP contribution in [0.4, 0.5) is 0 Å². The van der Waals surface area contributed by atoms with Crippen molar-refractivity contribution in [3.8, 4) is 0 Å². The summed E-state index contributed by atoms with van der Waals surface area (Å²) in [7, 11) is -1.57. The van der Waals surface area contributed by atoms with Crippen molar-refractivity contribution in [3.63, 3.8) is 0 Å². The van der Waals surface area contributed by atoms with E-state index in [0.717, 1.165) is 11.1 Å². The van der Waals surface area contributed by atoms with Crippen LogP contribution in [0, 0.1) is 6.57 Å². The molecule has 1 rings (SSSR count). The Balaban J connectivity index is 2.78. The van der Waals surface area contributed by atoms with Crippen molar-refractivity contribution in [2.75, 3.05) is 27.4 Å². The fourth-order valence-corrected chi connectivity index (χ4v) is 5.26. The molecule has 0 fully saturated rings. The molecule has 158 valence electrons. The van der Waals surface area contributed by atoms with Crippen LogP contribution >= 0.6 is 16.1 Å². The summed E-state index contributed by atoms with van der Waals surface area (Å²) in [5.74, 6) is 0. The summed E-state index contributed by atoms with van der Waals surface area (Å²) in [6, 6.07) is 8.19. The van der Waals surface area contributed by atoms with Crippen molar-refractivity contribution >= 4 is 16.1 Å². The molecule has 1 unspecified atom stereocenters. The van der Waals surface area contributed by atoms with E-state index >= 15 is 0 Å². The van der Waals surface area contributed by atoms with Gasteiger partial charge in [-0.05, 0) is 38.8 Å². The number of hydrogen-bond donors (Lipinski definition) is 0. The lowest BCUT2D eigenvalue weighted by Gasteiger charge is -2.35. The highest BCUT2D eigenvalue weighted by Crippen LogP contribution is 2.50. The molecule has 1 atom stereocenters. The molecule has 0 spiro atoms. The lowest BCUT2D eigenvalue weighted by molar-refractivity contribution is 0.173. The highest BCUT2D eigenvalue weighted by molar-refractivity contribution is 7.52. The molecule has 0 saturated carbocycles. The molecule has 0 amide bonds. The Morgan fingerprint density at radius 3 is 2.04 bits per heavy atom. The van der Waals surface area contributed by atoms with Crippen LogP contribution in [0.5, 0.6) is 0 Å². The lowest BCUT2D eigenvalue weighted by Crippen LogP contribution is -2.33. The summed E-state index contributed by atoms with van der Waals surface area (Å²) in [5.41, 5.74) is 1.86. The van der Waals surface area contributed by atoms with Gasteiger partial charge < -0.3 is 22.9 Å². The summed E-state index contributed by atoms with van der Waals surface area (Å²) in [6.07, 6.45) is 0.224. The monoisotopic (exact) mass is 430 g/mol.